The second-order valence-corrected chi connectivity index (χ2v) is 4.41. The van der Waals surface area contributed by atoms with Crippen molar-refractivity contribution in [3.8, 4) is 0 Å². The summed E-state index contributed by atoms with van der Waals surface area (Å²) in [6.07, 6.45) is 1.07. The normalized spacial score (nSPS) is 10.2. The molecule has 0 unspecified atom stereocenters. The molecular weight excluding hydrogens is 228 g/mol. The Kier molecular flexibility index (Phi) is 5.65. The fraction of sp³-hybridized carbons (Fsp3) is 0.500. The zero-order valence-corrected chi connectivity index (χ0v) is 11.4. The number of nitrogens with one attached hydrogen (secondary N) is 1. The Balaban J connectivity index is 2.81. The van der Waals surface area contributed by atoms with Gasteiger partial charge in [-0.1, -0.05) is 6.92 Å². The largest absolute Gasteiger partial charge is 0.395 e. The highest BCUT2D eigenvalue weighted by Gasteiger charge is 2.13. The summed E-state index contributed by atoms with van der Waals surface area (Å²) in [6.45, 7) is 5.31. The van der Waals surface area contributed by atoms with Crippen molar-refractivity contribution in [1.29, 1.82) is 0 Å². The third kappa shape index (κ3) is 3.74. The van der Waals surface area contributed by atoms with Crippen LogP contribution in [0.5, 0.6) is 0 Å². The molecule has 2 N–H and O–H groups in total. The van der Waals surface area contributed by atoms with Crippen LogP contribution in [0.15, 0.2) is 18.2 Å². The standard InChI is InChI=1S/C14H22N2O2/c1-4-7-15-12-5-6-13(11(2)10-12)14(18)16(3)8-9-17/h5-6,10,15,17H,4,7-9H2,1-3H3. The van der Waals surface area contributed by atoms with Gasteiger partial charge in [-0.2, -0.15) is 0 Å². The summed E-state index contributed by atoms with van der Waals surface area (Å²) in [7, 11) is 1.70. The first-order chi connectivity index (χ1) is 8.60. The summed E-state index contributed by atoms with van der Waals surface area (Å²) < 4.78 is 0. The Hall–Kier alpha value is -1.55. The van der Waals surface area contributed by atoms with Crippen LogP contribution in [-0.4, -0.2) is 42.7 Å². The smallest absolute Gasteiger partial charge is 0.253 e. The molecule has 4 heteroatoms. The number of likely N-dealkylation sites (N-methyl/N-ethyl adjacent to an activating group) is 1. The summed E-state index contributed by atoms with van der Waals surface area (Å²) in [5.41, 5.74) is 2.68. The van der Waals surface area contributed by atoms with Gasteiger partial charge in [0.2, 0.25) is 0 Å². The molecule has 0 fully saturated rings. The highest BCUT2D eigenvalue weighted by molar-refractivity contribution is 5.95. The molecule has 0 aliphatic rings. The Morgan fingerprint density at radius 3 is 2.72 bits per heavy atom. The van der Waals surface area contributed by atoms with Gasteiger partial charge in [0.25, 0.3) is 5.91 Å². The lowest BCUT2D eigenvalue weighted by Gasteiger charge is -2.17. The van der Waals surface area contributed by atoms with E-state index in [9.17, 15) is 4.79 Å². The zero-order chi connectivity index (χ0) is 13.5. The van der Waals surface area contributed by atoms with Crippen LogP contribution in [0, 0.1) is 6.92 Å². The van der Waals surface area contributed by atoms with Gasteiger partial charge in [-0.05, 0) is 37.1 Å². The quantitative estimate of drug-likeness (QED) is 0.810. The molecule has 1 amide bonds. The molecule has 0 radical (unpaired) electrons. The zero-order valence-electron chi connectivity index (χ0n) is 11.4. The van der Waals surface area contributed by atoms with E-state index in [1.807, 2.05) is 25.1 Å². The number of aliphatic hydroxyl groups excluding tert-OH is 1. The van der Waals surface area contributed by atoms with Gasteiger partial charge in [-0.3, -0.25) is 4.79 Å². The second kappa shape index (κ2) is 7.01. The molecule has 0 heterocycles. The Labute approximate surface area is 109 Å². The molecule has 1 rings (SSSR count). The topological polar surface area (TPSA) is 52.6 Å². The van der Waals surface area contributed by atoms with E-state index in [1.54, 1.807) is 7.05 Å². The van der Waals surface area contributed by atoms with Gasteiger partial charge in [0.05, 0.1) is 6.61 Å². The number of anilines is 1. The second-order valence-electron chi connectivity index (χ2n) is 4.41. The van der Waals surface area contributed by atoms with Gasteiger partial charge in [-0.25, -0.2) is 0 Å². The highest BCUT2D eigenvalue weighted by atomic mass is 16.3. The number of amides is 1. The molecule has 0 saturated heterocycles. The molecule has 1 aromatic carbocycles. The third-order valence-electron chi connectivity index (χ3n) is 2.82. The maximum atomic E-state index is 12.1. The number of hydrogen-bond acceptors (Lipinski definition) is 3. The Morgan fingerprint density at radius 2 is 2.17 bits per heavy atom. The van der Waals surface area contributed by atoms with Crippen molar-refractivity contribution in [3.63, 3.8) is 0 Å². The molecular formula is C14H22N2O2. The summed E-state index contributed by atoms with van der Waals surface area (Å²) in [4.78, 5) is 13.6. The molecule has 0 bridgehead atoms. The van der Waals surface area contributed by atoms with Gasteiger partial charge in [-0.15, -0.1) is 0 Å². The molecule has 0 saturated carbocycles. The Morgan fingerprint density at radius 1 is 1.44 bits per heavy atom. The minimum absolute atomic E-state index is 0.0164. The lowest BCUT2D eigenvalue weighted by Crippen LogP contribution is -2.30. The Bertz CT molecular complexity index is 405. The summed E-state index contributed by atoms with van der Waals surface area (Å²) in [6, 6.07) is 5.74. The number of carbonyl (C=O) groups excluding carboxylic acids is 1. The van der Waals surface area contributed by atoms with Crippen LogP contribution >= 0.6 is 0 Å². The van der Waals surface area contributed by atoms with Crippen molar-refractivity contribution < 1.29 is 9.90 Å². The molecule has 0 aliphatic heterocycles. The van der Waals surface area contributed by atoms with E-state index in [2.05, 4.69) is 12.2 Å². The van der Waals surface area contributed by atoms with Crippen molar-refractivity contribution in [3.05, 3.63) is 29.3 Å². The average Bonchev–Trinajstić information content (AvgIpc) is 2.36. The summed E-state index contributed by atoms with van der Waals surface area (Å²) in [5.74, 6) is -0.0522. The van der Waals surface area contributed by atoms with Gasteiger partial charge in [0.1, 0.15) is 0 Å². The van der Waals surface area contributed by atoms with Crippen LogP contribution in [0.1, 0.15) is 29.3 Å². The van der Waals surface area contributed by atoms with Crippen LogP contribution in [0.4, 0.5) is 5.69 Å². The maximum Gasteiger partial charge on any atom is 0.253 e. The van der Waals surface area contributed by atoms with Crippen LogP contribution in [0.3, 0.4) is 0 Å². The monoisotopic (exact) mass is 250 g/mol. The average molecular weight is 250 g/mol. The van der Waals surface area contributed by atoms with Crippen molar-refractivity contribution in [2.45, 2.75) is 20.3 Å². The van der Waals surface area contributed by atoms with E-state index in [4.69, 9.17) is 5.11 Å². The number of rotatable bonds is 6. The molecule has 0 aromatic heterocycles. The number of aryl methyl sites for hydroxylation is 1. The lowest BCUT2D eigenvalue weighted by molar-refractivity contribution is 0.0766. The predicted molar refractivity (Wildman–Crippen MR) is 74.0 cm³/mol. The first kappa shape index (κ1) is 14.5. The van der Waals surface area contributed by atoms with Crippen LogP contribution < -0.4 is 5.32 Å². The number of hydrogen-bond donors (Lipinski definition) is 2. The van der Waals surface area contributed by atoms with Gasteiger partial charge < -0.3 is 15.3 Å². The SMILES string of the molecule is CCCNc1ccc(C(=O)N(C)CCO)c(C)c1. The van der Waals surface area contributed by atoms with Gasteiger partial charge in [0, 0.05) is 31.4 Å². The number of aliphatic hydroxyl groups is 1. The van der Waals surface area contributed by atoms with E-state index >= 15 is 0 Å². The van der Waals surface area contributed by atoms with Crippen molar-refractivity contribution >= 4 is 11.6 Å². The molecule has 4 nitrogen and oxygen atoms in total. The third-order valence-corrected chi connectivity index (χ3v) is 2.82. The highest BCUT2D eigenvalue weighted by Crippen LogP contribution is 2.16. The molecule has 0 spiro atoms. The first-order valence-electron chi connectivity index (χ1n) is 6.31. The molecule has 100 valence electrons. The first-order valence-corrected chi connectivity index (χ1v) is 6.31. The van der Waals surface area contributed by atoms with E-state index in [-0.39, 0.29) is 12.5 Å². The summed E-state index contributed by atoms with van der Waals surface area (Å²) in [5, 5.41) is 12.1. The molecule has 18 heavy (non-hydrogen) atoms. The molecule has 1 aromatic rings. The van der Waals surface area contributed by atoms with E-state index < -0.39 is 0 Å². The van der Waals surface area contributed by atoms with Crippen molar-refractivity contribution in [1.82, 2.24) is 4.90 Å². The predicted octanol–water partition coefficient (Wildman–Crippen LogP) is 1.88. The fourth-order valence-corrected chi connectivity index (χ4v) is 1.74. The van der Waals surface area contributed by atoms with Crippen molar-refractivity contribution in [2.75, 3.05) is 32.1 Å². The van der Waals surface area contributed by atoms with E-state index in [1.165, 1.54) is 4.90 Å². The fourth-order valence-electron chi connectivity index (χ4n) is 1.74. The minimum atomic E-state index is -0.0522. The number of benzene rings is 1. The van der Waals surface area contributed by atoms with Crippen LogP contribution in [0.2, 0.25) is 0 Å². The summed E-state index contributed by atoms with van der Waals surface area (Å²) >= 11 is 0. The minimum Gasteiger partial charge on any atom is -0.395 e. The molecule has 0 aliphatic carbocycles. The number of nitrogens with zero attached hydrogens (tertiary/aromatic N) is 1. The number of carbonyl (C=O) groups is 1. The van der Waals surface area contributed by atoms with Crippen LogP contribution in [-0.2, 0) is 0 Å². The van der Waals surface area contributed by atoms with Crippen molar-refractivity contribution in [2.24, 2.45) is 0 Å². The van der Waals surface area contributed by atoms with Gasteiger partial charge in [0.15, 0.2) is 0 Å². The van der Waals surface area contributed by atoms with Crippen LogP contribution in [0.25, 0.3) is 0 Å². The maximum absolute atomic E-state index is 12.1. The lowest BCUT2D eigenvalue weighted by atomic mass is 10.1. The van der Waals surface area contributed by atoms with Gasteiger partial charge >= 0.3 is 0 Å². The molecule has 0 atom stereocenters. The van der Waals surface area contributed by atoms with E-state index in [0.717, 1.165) is 24.2 Å². The van der Waals surface area contributed by atoms with E-state index in [0.29, 0.717) is 12.1 Å².